The van der Waals surface area contributed by atoms with Crippen LogP contribution in [-0.2, 0) is 4.79 Å². The van der Waals surface area contributed by atoms with Gasteiger partial charge in [0.15, 0.2) is 0 Å². The van der Waals surface area contributed by atoms with E-state index in [-0.39, 0.29) is 5.91 Å². The molecule has 110 valence electrons. The van der Waals surface area contributed by atoms with E-state index in [1.807, 2.05) is 49.4 Å². The van der Waals surface area contributed by atoms with Crippen molar-refractivity contribution in [3.8, 4) is 0 Å². The van der Waals surface area contributed by atoms with Crippen molar-refractivity contribution in [2.24, 2.45) is 0 Å². The molecule has 5 nitrogen and oxygen atoms in total. The Labute approximate surface area is 128 Å². The van der Waals surface area contributed by atoms with E-state index in [1.54, 1.807) is 6.20 Å². The molecule has 0 aliphatic heterocycles. The summed E-state index contributed by atoms with van der Waals surface area (Å²) in [5.74, 6) is 0.427. The minimum Gasteiger partial charge on any atom is -0.326 e. The summed E-state index contributed by atoms with van der Waals surface area (Å²) in [5, 5.41) is 6.92. The normalized spacial score (nSPS) is 10.5. The second-order valence-electron chi connectivity index (χ2n) is 5.09. The van der Waals surface area contributed by atoms with Gasteiger partial charge in [0.05, 0.1) is 5.52 Å². The number of nitrogens with one attached hydrogen (secondary N) is 2. The zero-order valence-corrected chi connectivity index (χ0v) is 12.4. The van der Waals surface area contributed by atoms with Crippen LogP contribution in [0, 0.1) is 6.92 Å². The van der Waals surface area contributed by atoms with Crippen LogP contribution in [0.1, 0.15) is 12.5 Å². The molecule has 1 heterocycles. The molecule has 22 heavy (non-hydrogen) atoms. The van der Waals surface area contributed by atoms with Gasteiger partial charge in [-0.15, -0.1) is 0 Å². The number of hydrogen-bond acceptors (Lipinski definition) is 4. The highest BCUT2D eigenvalue weighted by molar-refractivity contribution is 5.89. The standard InChI is InChI=1S/C17H16N4O/c1-11-5-3-6-13-10-18-17(21-16(11)13)20-15-8-4-7-14(9-15)19-12(2)22/h3-10H,1-2H3,(H,19,22)(H,18,20,21). The number of amides is 1. The minimum absolute atomic E-state index is 0.102. The maximum absolute atomic E-state index is 11.1. The Bertz CT molecular complexity index is 845. The maximum Gasteiger partial charge on any atom is 0.227 e. The largest absolute Gasteiger partial charge is 0.326 e. The Morgan fingerprint density at radius 1 is 1.09 bits per heavy atom. The number of nitrogens with zero attached hydrogens (tertiary/aromatic N) is 2. The first kappa shape index (κ1) is 14.0. The summed E-state index contributed by atoms with van der Waals surface area (Å²) in [7, 11) is 0. The van der Waals surface area contributed by atoms with Crippen LogP contribution in [-0.4, -0.2) is 15.9 Å². The quantitative estimate of drug-likeness (QED) is 0.773. The number of fused-ring (bicyclic) bond motifs is 1. The van der Waals surface area contributed by atoms with Crippen LogP contribution in [0.3, 0.4) is 0 Å². The highest BCUT2D eigenvalue weighted by Crippen LogP contribution is 2.21. The Morgan fingerprint density at radius 2 is 1.86 bits per heavy atom. The molecule has 2 aromatic carbocycles. The summed E-state index contributed by atoms with van der Waals surface area (Å²) in [6.45, 7) is 3.51. The zero-order valence-electron chi connectivity index (χ0n) is 12.4. The van der Waals surface area contributed by atoms with Gasteiger partial charge in [0, 0.05) is 29.9 Å². The minimum atomic E-state index is -0.102. The number of para-hydroxylation sites is 1. The number of carbonyl (C=O) groups is 1. The fourth-order valence-electron chi connectivity index (χ4n) is 2.27. The number of aromatic nitrogens is 2. The van der Waals surface area contributed by atoms with Crippen LogP contribution < -0.4 is 10.6 Å². The third-order valence-electron chi connectivity index (χ3n) is 3.25. The van der Waals surface area contributed by atoms with E-state index in [0.717, 1.165) is 27.8 Å². The van der Waals surface area contributed by atoms with Crippen molar-refractivity contribution in [3.05, 3.63) is 54.2 Å². The molecule has 0 aliphatic carbocycles. The molecule has 0 radical (unpaired) electrons. The lowest BCUT2D eigenvalue weighted by Crippen LogP contribution is -2.06. The molecular formula is C17H16N4O. The molecule has 1 amide bonds. The fraction of sp³-hybridized carbons (Fsp3) is 0.118. The second-order valence-corrected chi connectivity index (χ2v) is 5.09. The monoisotopic (exact) mass is 292 g/mol. The summed E-state index contributed by atoms with van der Waals surface area (Å²) in [6, 6.07) is 13.4. The van der Waals surface area contributed by atoms with E-state index >= 15 is 0 Å². The molecule has 3 rings (SSSR count). The molecule has 0 fully saturated rings. The average molecular weight is 292 g/mol. The van der Waals surface area contributed by atoms with Crippen molar-refractivity contribution in [1.29, 1.82) is 0 Å². The molecule has 0 spiro atoms. The SMILES string of the molecule is CC(=O)Nc1cccc(Nc2ncc3cccc(C)c3n2)c1. The van der Waals surface area contributed by atoms with Gasteiger partial charge in [0.25, 0.3) is 0 Å². The van der Waals surface area contributed by atoms with Crippen LogP contribution in [0.25, 0.3) is 10.9 Å². The molecule has 0 bridgehead atoms. The van der Waals surface area contributed by atoms with Gasteiger partial charge in [-0.3, -0.25) is 4.79 Å². The predicted molar refractivity (Wildman–Crippen MR) is 88.3 cm³/mol. The predicted octanol–water partition coefficient (Wildman–Crippen LogP) is 3.64. The molecule has 0 saturated carbocycles. The summed E-state index contributed by atoms with van der Waals surface area (Å²) < 4.78 is 0. The number of carbonyl (C=O) groups excluding carboxylic acids is 1. The average Bonchev–Trinajstić information content (AvgIpc) is 2.48. The van der Waals surface area contributed by atoms with Crippen LogP contribution in [0.15, 0.2) is 48.7 Å². The van der Waals surface area contributed by atoms with Gasteiger partial charge in [-0.05, 0) is 30.7 Å². The molecule has 3 aromatic rings. The molecule has 5 heteroatoms. The van der Waals surface area contributed by atoms with Crippen molar-refractivity contribution in [2.75, 3.05) is 10.6 Å². The molecule has 0 unspecified atom stereocenters. The van der Waals surface area contributed by atoms with Crippen LogP contribution >= 0.6 is 0 Å². The Hall–Kier alpha value is -2.95. The lowest BCUT2D eigenvalue weighted by Gasteiger charge is -2.08. The number of benzene rings is 2. The van der Waals surface area contributed by atoms with Gasteiger partial charge in [-0.1, -0.05) is 24.3 Å². The second kappa shape index (κ2) is 5.81. The van der Waals surface area contributed by atoms with Crippen molar-refractivity contribution >= 4 is 34.1 Å². The lowest BCUT2D eigenvalue weighted by atomic mass is 10.1. The highest BCUT2D eigenvalue weighted by Gasteiger charge is 2.04. The smallest absolute Gasteiger partial charge is 0.227 e. The fourth-order valence-corrected chi connectivity index (χ4v) is 2.27. The Kier molecular flexibility index (Phi) is 3.70. The van der Waals surface area contributed by atoms with Crippen LogP contribution in [0.5, 0.6) is 0 Å². The van der Waals surface area contributed by atoms with E-state index in [2.05, 4.69) is 20.6 Å². The topological polar surface area (TPSA) is 66.9 Å². The first-order chi connectivity index (χ1) is 10.6. The van der Waals surface area contributed by atoms with Gasteiger partial charge in [0.1, 0.15) is 0 Å². The first-order valence-corrected chi connectivity index (χ1v) is 6.99. The van der Waals surface area contributed by atoms with E-state index in [1.165, 1.54) is 6.92 Å². The zero-order chi connectivity index (χ0) is 15.5. The summed E-state index contributed by atoms with van der Waals surface area (Å²) in [4.78, 5) is 20.0. The Morgan fingerprint density at radius 3 is 2.68 bits per heavy atom. The van der Waals surface area contributed by atoms with Gasteiger partial charge in [-0.2, -0.15) is 0 Å². The molecule has 0 aliphatic rings. The van der Waals surface area contributed by atoms with Crippen molar-refractivity contribution < 1.29 is 4.79 Å². The third kappa shape index (κ3) is 3.03. The van der Waals surface area contributed by atoms with Gasteiger partial charge in [-0.25, -0.2) is 9.97 Å². The molecule has 2 N–H and O–H groups in total. The molecule has 1 aromatic heterocycles. The van der Waals surface area contributed by atoms with E-state index < -0.39 is 0 Å². The highest BCUT2D eigenvalue weighted by atomic mass is 16.1. The third-order valence-corrected chi connectivity index (χ3v) is 3.25. The number of anilines is 3. The molecular weight excluding hydrogens is 276 g/mol. The van der Waals surface area contributed by atoms with E-state index in [4.69, 9.17) is 0 Å². The summed E-state index contributed by atoms with van der Waals surface area (Å²) >= 11 is 0. The summed E-state index contributed by atoms with van der Waals surface area (Å²) in [5.41, 5.74) is 3.58. The summed E-state index contributed by atoms with van der Waals surface area (Å²) in [6.07, 6.45) is 1.80. The van der Waals surface area contributed by atoms with Crippen molar-refractivity contribution in [1.82, 2.24) is 9.97 Å². The van der Waals surface area contributed by atoms with E-state index in [9.17, 15) is 4.79 Å². The number of rotatable bonds is 3. The Balaban J connectivity index is 1.89. The van der Waals surface area contributed by atoms with Crippen LogP contribution in [0.4, 0.5) is 17.3 Å². The molecule has 0 saturated heterocycles. The van der Waals surface area contributed by atoms with Crippen molar-refractivity contribution in [3.63, 3.8) is 0 Å². The first-order valence-electron chi connectivity index (χ1n) is 6.99. The van der Waals surface area contributed by atoms with Crippen LogP contribution in [0.2, 0.25) is 0 Å². The number of aryl methyl sites for hydroxylation is 1. The van der Waals surface area contributed by atoms with Gasteiger partial charge >= 0.3 is 0 Å². The van der Waals surface area contributed by atoms with Gasteiger partial charge in [0.2, 0.25) is 11.9 Å². The molecule has 0 atom stereocenters. The number of hydrogen-bond donors (Lipinski definition) is 2. The van der Waals surface area contributed by atoms with E-state index in [0.29, 0.717) is 5.95 Å². The van der Waals surface area contributed by atoms with Crippen molar-refractivity contribution in [2.45, 2.75) is 13.8 Å². The maximum atomic E-state index is 11.1. The van der Waals surface area contributed by atoms with Gasteiger partial charge < -0.3 is 10.6 Å². The lowest BCUT2D eigenvalue weighted by molar-refractivity contribution is -0.114.